The van der Waals surface area contributed by atoms with E-state index in [1.165, 1.54) is 11.3 Å². The Hall–Kier alpha value is -2.70. The van der Waals surface area contributed by atoms with Gasteiger partial charge in [-0.1, -0.05) is 0 Å². The lowest BCUT2D eigenvalue weighted by atomic mass is 10.2. The molecule has 0 unspecified atom stereocenters. The summed E-state index contributed by atoms with van der Waals surface area (Å²) in [5.41, 5.74) is 2.42. The Bertz CT molecular complexity index is 716. The van der Waals surface area contributed by atoms with Gasteiger partial charge in [-0.15, -0.1) is 0 Å². The molecule has 1 N–H and O–H groups in total. The van der Waals surface area contributed by atoms with Gasteiger partial charge >= 0.3 is 0 Å². The van der Waals surface area contributed by atoms with E-state index in [-0.39, 0.29) is 0 Å². The summed E-state index contributed by atoms with van der Waals surface area (Å²) in [6.07, 6.45) is 3.94. The van der Waals surface area contributed by atoms with Crippen LogP contribution in [0.1, 0.15) is 5.56 Å². The zero-order chi connectivity index (χ0) is 18.4. The first-order chi connectivity index (χ1) is 12.7. The molecule has 0 aliphatic carbocycles. The number of rotatable bonds is 5. The monoisotopic (exact) mass is 356 g/mol. The highest BCUT2D eigenvalue weighted by atomic mass is 16.5. The molecule has 1 aromatic carbocycles. The smallest absolute Gasteiger partial charge is 0.193 e. The molecule has 7 heteroatoms. The highest BCUT2D eigenvalue weighted by Gasteiger charge is 2.19. The maximum Gasteiger partial charge on any atom is 0.193 e. The second-order valence-electron chi connectivity index (χ2n) is 6.43. The van der Waals surface area contributed by atoms with E-state index in [2.05, 4.69) is 50.5 Å². The van der Waals surface area contributed by atoms with Crippen molar-refractivity contribution in [3.8, 4) is 5.75 Å². The van der Waals surface area contributed by atoms with Crippen molar-refractivity contribution >= 4 is 11.6 Å². The molecule has 0 bridgehead atoms. The molecule has 140 valence electrons. The summed E-state index contributed by atoms with van der Waals surface area (Å²) in [7, 11) is 3.54. The van der Waals surface area contributed by atoms with Crippen LogP contribution in [0.2, 0.25) is 0 Å². The molecule has 0 amide bonds. The van der Waals surface area contributed by atoms with Crippen molar-refractivity contribution in [1.29, 1.82) is 0 Å². The average Bonchev–Trinajstić information content (AvgIpc) is 3.11. The molecule has 0 radical (unpaired) electrons. The third-order valence-electron chi connectivity index (χ3n) is 4.61. The maximum absolute atomic E-state index is 5.23. The van der Waals surface area contributed by atoms with Gasteiger partial charge in [-0.2, -0.15) is 5.10 Å². The first-order valence-electron chi connectivity index (χ1n) is 9.03. The number of nitrogens with zero attached hydrogens (tertiary/aromatic N) is 5. The normalized spacial score (nSPS) is 15.3. The molecule has 2 aromatic rings. The fourth-order valence-corrected chi connectivity index (χ4v) is 3.17. The van der Waals surface area contributed by atoms with E-state index in [0.717, 1.165) is 51.0 Å². The number of aryl methyl sites for hydroxylation is 1. The minimum absolute atomic E-state index is 0.812. The number of anilines is 1. The van der Waals surface area contributed by atoms with Crippen molar-refractivity contribution in [2.45, 2.75) is 13.5 Å². The summed E-state index contributed by atoms with van der Waals surface area (Å²) in [5, 5.41) is 7.76. The molecule has 1 aromatic heterocycles. The Balaban J connectivity index is 1.47. The fraction of sp³-hybridized carbons (Fsp3) is 0.474. The summed E-state index contributed by atoms with van der Waals surface area (Å²) in [5.74, 6) is 1.85. The Kier molecular flexibility index (Phi) is 5.99. The second kappa shape index (κ2) is 8.60. The largest absolute Gasteiger partial charge is 0.497 e. The number of hydrogen-bond donors (Lipinski definition) is 1. The molecule has 0 atom stereocenters. The van der Waals surface area contributed by atoms with Gasteiger partial charge in [-0.3, -0.25) is 9.67 Å². The van der Waals surface area contributed by atoms with E-state index >= 15 is 0 Å². The van der Waals surface area contributed by atoms with Gasteiger partial charge in [0.2, 0.25) is 0 Å². The van der Waals surface area contributed by atoms with Crippen molar-refractivity contribution in [3.05, 3.63) is 42.2 Å². The third-order valence-corrected chi connectivity index (χ3v) is 4.61. The zero-order valence-electron chi connectivity index (χ0n) is 15.9. The summed E-state index contributed by atoms with van der Waals surface area (Å²) < 4.78 is 7.19. The van der Waals surface area contributed by atoms with Crippen LogP contribution in [0.3, 0.4) is 0 Å². The van der Waals surface area contributed by atoms with E-state index in [4.69, 9.17) is 4.74 Å². The van der Waals surface area contributed by atoms with Crippen molar-refractivity contribution in [2.75, 3.05) is 51.8 Å². The van der Waals surface area contributed by atoms with E-state index in [1.807, 2.05) is 30.1 Å². The summed E-state index contributed by atoms with van der Waals surface area (Å²) in [6.45, 7) is 7.55. The van der Waals surface area contributed by atoms with Gasteiger partial charge in [0.05, 0.1) is 19.9 Å². The molecule has 7 nitrogen and oxygen atoms in total. The van der Waals surface area contributed by atoms with Gasteiger partial charge in [0.25, 0.3) is 0 Å². The van der Waals surface area contributed by atoms with Crippen LogP contribution in [-0.4, -0.2) is 67.5 Å². The maximum atomic E-state index is 5.23. The minimum atomic E-state index is 0.812. The summed E-state index contributed by atoms with van der Waals surface area (Å²) >= 11 is 0. The molecule has 1 fully saturated rings. The number of aliphatic imine (C=N–C) groups is 1. The molecule has 26 heavy (non-hydrogen) atoms. The van der Waals surface area contributed by atoms with Gasteiger partial charge in [-0.25, -0.2) is 0 Å². The second-order valence-corrected chi connectivity index (χ2v) is 6.43. The highest BCUT2D eigenvalue weighted by molar-refractivity contribution is 5.80. The molecule has 1 aliphatic rings. The van der Waals surface area contributed by atoms with Crippen LogP contribution in [0.4, 0.5) is 5.69 Å². The van der Waals surface area contributed by atoms with Crippen molar-refractivity contribution in [2.24, 2.45) is 4.99 Å². The topological polar surface area (TPSA) is 57.9 Å². The van der Waals surface area contributed by atoms with E-state index in [0.29, 0.717) is 0 Å². The first kappa shape index (κ1) is 18.1. The predicted molar refractivity (Wildman–Crippen MR) is 105 cm³/mol. The molecule has 0 spiro atoms. The predicted octanol–water partition coefficient (Wildman–Crippen LogP) is 1.60. The van der Waals surface area contributed by atoms with Crippen molar-refractivity contribution in [1.82, 2.24) is 20.0 Å². The average molecular weight is 356 g/mol. The SMILES string of the molecule is CN=C(NCCn1cc(C)cn1)N1CCN(c2ccc(OC)cc2)CC1. The van der Waals surface area contributed by atoms with Crippen LogP contribution < -0.4 is 15.0 Å². The lowest BCUT2D eigenvalue weighted by Gasteiger charge is -2.37. The summed E-state index contributed by atoms with van der Waals surface area (Å²) in [4.78, 5) is 9.15. The molecule has 0 saturated carbocycles. The van der Waals surface area contributed by atoms with Crippen LogP contribution in [0.15, 0.2) is 41.7 Å². The number of hydrogen-bond acceptors (Lipinski definition) is 4. The van der Waals surface area contributed by atoms with Gasteiger partial charge in [0, 0.05) is 51.7 Å². The number of nitrogens with one attached hydrogen (secondary N) is 1. The van der Waals surface area contributed by atoms with E-state index in [1.54, 1.807) is 7.11 Å². The molecule has 3 rings (SSSR count). The van der Waals surface area contributed by atoms with Crippen LogP contribution in [0.5, 0.6) is 5.75 Å². The molecular weight excluding hydrogens is 328 g/mol. The third kappa shape index (κ3) is 4.47. The van der Waals surface area contributed by atoms with E-state index < -0.39 is 0 Å². The van der Waals surface area contributed by atoms with Crippen LogP contribution in [0.25, 0.3) is 0 Å². The van der Waals surface area contributed by atoms with Gasteiger partial charge in [-0.05, 0) is 36.8 Å². The molecule has 1 saturated heterocycles. The van der Waals surface area contributed by atoms with Crippen LogP contribution in [-0.2, 0) is 6.54 Å². The number of guanidine groups is 1. The van der Waals surface area contributed by atoms with Gasteiger partial charge in [0.15, 0.2) is 5.96 Å². The number of piperazine rings is 1. The van der Waals surface area contributed by atoms with Crippen LogP contribution >= 0.6 is 0 Å². The van der Waals surface area contributed by atoms with Crippen molar-refractivity contribution < 1.29 is 4.74 Å². The number of methoxy groups -OCH3 is 1. The van der Waals surface area contributed by atoms with Crippen molar-refractivity contribution in [3.63, 3.8) is 0 Å². The molecule has 1 aliphatic heterocycles. The number of aromatic nitrogens is 2. The Morgan fingerprint density at radius 3 is 2.50 bits per heavy atom. The minimum Gasteiger partial charge on any atom is -0.497 e. The lowest BCUT2D eigenvalue weighted by Crippen LogP contribution is -2.52. The van der Waals surface area contributed by atoms with Gasteiger partial charge < -0.3 is 19.9 Å². The lowest BCUT2D eigenvalue weighted by molar-refractivity contribution is 0.371. The Morgan fingerprint density at radius 1 is 1.19 bits per heavy atom. The fourth-order valence-electron chi connectivity index (χ4n) is 3.17. The number of ether oxygens (including phenoxy) is 1. The Morgan fingerprint density at radius 2 is 1.92 bits per heavy atom. The standard InChI is InChI=1S/C19H28N6O/c1-16-14-22-25(15-16)9-8-21-19(20-2)24-12-10-23(11-13-24)17-4-6-18(26-3)7-5-17/h4-7,14-15H,8-13H2,1-3H3,(H,20,21). The molecular formula is C19H28N6O. The first-order valence-corrected chi connectivity index (χ1v) is 9.03. The molecule has 2 heterocycles. The highest BCUT2D eigenvalue weighted by Crippen LogP contribution is 2.20. The van der Waals surface area contributed by atoms with Crippen LogP contribution in [0, 0.1) is 6.92 Å². The number of benzene rings is 1. The zero-order valence-corrected chi connectivity index (χ0v) is 15.9. The quantitative estimate of drug-likeness (QED) is 0.651. The van der Waals surface area contributed by atoms with E-state index in [9.17, 15) is 0 Å². The van der Waals surface area contributed by atoms with Gasteiger partial charge in [0.1, 0.15) is 5.75 Å². The summed E-state index contributed by atoms with van der Waals surface area (Å²) in [6, 6.07) is 8.26. The Labute approximate surface area is 155 Å².